The maximum atomic E-state index is 11.7. The van der Waals surface area contributed by atoms with Gasteiger partial charge in [-0.2, -0.15) is 0 Å². The third kappa shape index (κ3) is 4.02. The Morgan fingerprint density at radius 1 is 1.10 bits per heavy atom. The molecule has 2 rings (SSSR count). The molecule has 0 atom stereocenters. The first-order chi connectivity index (χ1) is 9.65. The minimum Gasteiger partial charge on any atom is -0.483 e. The fourth-order valence-electron chi connectivity index (χ4n) is 1.71. The first-order valence-corrected chi connectivity index (χ1v) is 6.45. The van der Waals surface area contributed by atoms with E-state index in [0.717, 1.165) is 22.6 Å². The van der Waals surface area contributed by atoms with E-state index < -0.39 is 0 Å². The van der Waals surface area contributed by atoms with Gasteiger partial charge in [0.1, 0.15) is 5.75 Å². The average molecular weight is 270 g/mol. The number of hydrazine groups is 1. The summed E-state index contributed by atoms with van der Waals surface area (Å²) < 4.78 is 5.52. The zero-order valence-electron chi connectivity index (χ0n) is 11.6. The van der Waals surface area contributed by atoms with Crippen molar-refractivity contribution < 1.29 is 9.53 Å². The van der Waals surface area contributed by atoms with E-state index in [-0.39, 0.29) is 12.5 Å². The molecule has 2 aromatic carbocycles. The predicted molar refractivity (Wildman–Crippen MR) is 79.6 cm³/mol. The molecule has 0 saturated carbocycles. The van der Waals surface area contributed by atoms with Gasteiger partial charge in [0, 0.05) is 0 Å². The number of ether oxygens (including phenoxy) is 1. The zero-order chi connectivity index (χ0) is 14.4. The average Bonchev–Trinajstić information content (AvgIpc) is 2.47. The van der Waals surface area contributed by atoms with Crippen LogP contribution in [0, 0.1) is 13.8 Å². The normalized spacial score (nSPS) is 9.90. The molecule has 0 heterocycles. The molecule has 0 aromatic heterocycles. The van der Waals surface area contributed by atoms with Gasteiger partial charge >= 0.3 is 0 Å². The topological polar surface area (TPSA) is 50.4 Å². The number of hydrogen-bond donors (Lipinski definition) is 2. The van der Waals surface area contributed by atoms with Crippen molar-refractivity contribution in [2.24, 2.45) is 0 Å². The Hall–Kier alpha value is -2.49. The van der Waals surface area contributed by atoms with Gasteiger partial charge in [-0.05, 0) is 43.2 Å². The fourth-order valence-corrected chi connectivity index (χ4v) is 1.71. The van der Waals surface area contributed by atoms with Crippen LogP contribution < -0.4 is 15.6 Å². The summed E-state index contributed by atoms with van der Waals surface area (Å²) in [4.78, 5) is 11.7. The lowest BCUT2D eigenvalue weighted by Crippen LogP contribution is -2.33. The number of hydrogen-bond acceptors (Lipinski definition) is 3. The maximum Gasteiger partial charge on any atom is 0.276 e. The third-order valence-electron chi connectivity index (χ3n) is 2.82. The highest BCUT2D eigenvalue weighted by atomic mass is 16.5. The molecule has 1 amide bonds. The van der Waals surface area contributed by atoms with E-state index in [4.69, 9.17) is 4.74 Å². The first kappa shape index (κ1) is 13.9. The van der Waals surface area contributed by atoms with Gasteiger partial charge < -0.3 is 4.74 Å². The monoisotopic (exact) mass is 270 g/mol. The zero-order valence-corrected chi connectivity index (χ0v) is 11.6. The summed E-state index contributed by atoms with van der Waals surface area (Å²) in [5, 5.41) is 0. The second-order valence-electron chi connectivity index (χ2n) is 4.60. The third-order valence-corrected chi connectivity index (χ3v) is 2.82. The van der Waals surface area contributed by atoms with Crippen LogP contribution >= 0.6 is 0 Å². The van der Waals surface area contributed by atoms with Crippen LogP contribution in [0.3, 0.4) is 0 Å². The van der Waals surface area contributed by atoms with Crippen molar-refractivity contribution in [1.29, 1.82) is 0 Å². The minimum atomic E-state index is -0.227. The Balaban J connectivity index is 1.82. The highest BCUT2D eigenvalue weighted by Gasteiger charge is 2.04. The van der Waals surface area contributed by atoms with E-state index in [1.807, 2.05) is 62.4 Å². The van der Waals surface area contributed by atoms with Crippen LogP contribution in [-0.2, 0) is 4.79 Å². The molecule has 104 valence electrons. The molecule has 4 heteroatoms. The van der Waals surface area contributed by atoms with E-state index in [0.29, 0.717) is 0 Å². The molecular formula is C16H18N2O2. The quantitative estimate of drug-likeness (QED) is 0.821. The summed E-state index contributed by atoms with van der Waals surface area (Å²) in [6.07, 6.45) is 0. The van der Waals surface area contributed by atoms with E-state index in [1.165, 1.54) is 0 Å². The fraction of sp³-hybridized carbons (Fsp3) is 0.188. The van der Waals surface area contributed by atoms with Crippen molar-refractivity contribution in [3.63, 3.8) is 0 Å². The lowest BCUT2D eigenvalue weighted by Gasteiger charge is -2.11. The summed E-state index contributed by atoms with van der Waals surface area (Å²) in [5.74, 6) is 0.509. The summed E-state index contributed by atoms with van der Waals surface area (Å²) in [6.45, 7) is 3.92. The second-order valence-corrected chi connectivity index (χ2v) is 4.60. The van der Waals surface area contributed by atoms with Gasteiger partial charge in [0.25, 0.3) is 5.91 Å². The van der Waals surface area contributed by atoms with Gasteiger partial charge in [0.05, 0.1) is 5.69 Å². The molecule has 0 fully saturated rings. The Kier molecular flexibility index (Phi) is 4.60. The minimum absolute atomic E-state index is 0.0237. The van der Waals surface area contributed by atoms with Crippen LogP contribution in [0.25, 0.3) is 0 Å². The number of para-hydroxylation sites is 1. The standard InChI is InChI=1S/C16H18N2O2/c1-12-8-9-13(2)15(10-12)20-11-16(19)18-17-14-6-4-3-5-7-14/h3-10,17H,11H2,1-2H3,(H,18,19). The lowest BCUT2D eigenvalue weighted by atomic mass is 10.1. The van der Waals surface area contributed by atoms with Crippen LogP contribution in [0.5, 0.6) is 5.75 Å². The van der Waals surface area contributed by atoms with Crippen LogP contribution in [-0.4, -0.2) is 12.5 Å². The number of benzene rings is 2. The summed E-state index contributed by atoms with van der Waals surface area (Å²) in [5.41, 5.74) is 8.36. The van der Waals surface area contributed by atoms with Crippen molar-refractivity contribution >= 4 is 11.6 Å². The highest BCUT2D eigenvalue weighted by Crippen LogP contribution is 2.18. The van der Waals surface area contributed by atoms with E-state index in [1.54, 1.807) is 0 Å². The Morgan fingerprint density at radius 3 is 2.60 bits per heavy atom. The van der Waals surface area contributed by atoms with Gasteiger partial charge in [0.2, 0.25) is 0 Å². The molecule has 2 aromatic rings. The van der Waals surface area contributed by atoms with Crippen LogP contribution in [0.15, 0.2) is 48.5 Å². The molecule has 20 heavy (non-hydrogen) atoms. The Morgan fingerprint density at radius 2 is 1.85 bits per heavy atom. The summed E-state index contributed by atoms with van der Waals surface area (Å²) >= 11 is 0. The summed E-state index contributed by atoms with van der Waals surface area (Å²) in [6, 6.07) is 15.3. The number of rotatable bonds is 5. The number of carbonyl (C=O) groups is 1. The van der Waals surface area contributed by atoms with Crippen molar-refractivity contribution in [1.82, 2.24) is 5.43 Å². The molecular weight excluding hydrogens is 252 g/mol. The van der Waals surface area contributed by atoms with E-state index in [9.17, 15) is 4.79 Å². The van der Waals surface area contributed by atoms with Gasteiger partial charge in [-0.3, -0.25) is 15.6 Å². The number of aryl methyl sites for hydroxylation is 2. The molecule has 0 spiro atoms. The molecule has 0 bridgehead atoms. The molecule has 0 saturated heterocycles. The number of carbonyl (C=O) groups excluding carboxylic acids is 1. The molecule has 4 nitrogen and oxygen atoms in total. The van der Waals surface area contributed by atoms with Crippen molar-refractivity contribution in [2.45, 2.75) is 13.8 Å². The van der Waals surface area contributed by atoms with Crippen molar-refractivity contribution in [3.8, 4) is 5.75 Å². The van der Waals surface area contributed by atoms with Crippen molar-refractivity contribution in [3.05, 3.63) is 59.7 Å². The van der Waals surface area contributed by atoms with Crippen LogP contribution in [0.4, 0.5) is 5.69 Å². The van der Waals surface area contributed by atoms with Gasteiger partial charge in [-0.25, -0.2) is 0 Å². The first-order valence-electron chi connectivity index (χ1n) is 6.45. The van der Waals surface area contributed by atoms with E-state index >= 15 is 0 Å². The predicted octanol–water partition coefficient (Wildman–Crippen LogP) is 2.83. The van der Waals surface area contributed by atoms with Gasteiger partial charge in [-0.1, -0.05) is 30.3 Å². The number of amides is 1. The molecule has 0 unspecified atom stereocenters. The molecule has 0 aliphatic carbocycles. The van der Waals surface area contributed by atoms with Gasteiger partial charge in [-0.15, -0.1) is 0 Å². The summed E-state index contributed by atoms with van der Waals surface area (Å²) in [7, 11) is 0. The smallest absolute Gasteiger partial charge is 0.276 e. The van der Waals surface area contributed by atoms with Crippen molar-refractivity contribution in [2.75, 3.05) is 12.0 Å². The van der Waals surface area contributed by atoms with Gasteiger partial charge in [0.15, 0.2) is 6.61 Å². The maximum absolute atomic E-state index is 11.7. The lowest BCUT2D eigenvalue weighted by molar-refractivity contribution is -0.122. The molecule has 0 aliphatic rings. The molecule has 0 aliphatic heterocycles. The molecule has 2 N–H and O–H groups in total. The van der Waals surface area contributed by atoms with Crippen LogP contribution in [0.1, 0.15) is 11.1 Å². The molecule has 0 radical (unpaired) electrons. The SMILES string of the molecule is Cc1ccc(C)c(OCC(=O)NNc2ccccc2)c1. The number of anilines is 1. The second kappa shape index (κ2) is 6.61. The number of nitrogens with one attached hydrogen (secondary N) is 2. The highest BCUT2D eigenvalue weighted by molar-refractivity contribution is 5.78. The largest absolute Gasteiger partial charge is 0.483 e. The Bertz CT molecular complexity index is 582. The van der Waals surface area contributed by atoms with E-state index in [2.05, 4.69) is 10.9 Å². The van der Waals surface area contributed by atoms with Crippen LogP contribution in [0.2, 0.25) is 0 Å². The Labute approximate surface area is 118 Å².